The zero-order valence-corrected chi connectivity index (χ0v) is 13.8. The van der Waals surface area contributed by atoms with Crippen molar-refractivity contribution in [2.24, 2.45) is 0 Å². The molecule has 0 spiro atoms. The van der Waals surface area contributed by atoms with E-state index in [0.717, 1.165) is 36.2 Å². The molecule has 1 aliphatic heterocycles. The molecule has 1 amide bonds. The first-order chi connectivity index (χ1) is 12.4. The van der Waals surface area contributed by atoms with Gasteiger partial charge in [0.2, 0.25) is 0 Å². The summed E-state index contributed by atoms with van der Waals surface area (Å²) in [5, 5.41) is 0. The summed E-state index contributed by atoms with van der Waals surface area (Å²) in [7, 11) is 0. The van der Waals surface area contributed by atoms with Crippen molar-refractivity contribution in [1.29, 1.82) is 0 Å². The zero-order chi connectivity index (χ0) is 18.7. The van der Waals surface area contributed by atoms with Crippen LogP contribution in [-0.2, 0) is 22.1 Å². The number of nitrogens with zero attached hydrogens (tertiary/aromatic N) is 1. The molecule has 0 aromatic heterocycles. The van der Waals surface area contributed by atoms with Crippen LogP contribution >= 0.6 is 0 Å². The van der Waals surface area contributed by atoms with Gasteiger partial charge in [0.1, 0.15) is 0 Å². The van der Waals surface area contributed by atoms with Crippen molar-refractivity contribution in [3.63, 3.8) is 0 Å². The number of carbonyl (C=O) groups is 2. The van der Waals surface area contributed by atoms with Gasteiger partial charge in [0.25, 0.3) is 5.91 Å². The third kappa shape index (κ3) is 3.71. The molecule has 0 fully saturated rings. The summed E-state index contributed by atoms with van der Waals surface area (Å²) in [5.74, 6) is -1.63. The normalized spacial score (nSPS) is 13.9. The number of hydrogen-bond acceptors (Lipinski definition) is 3. The summed E-state index contributed by atoms with van der Waals surface area (Å²) in [6.45, 7) is -0.133. The number of halogens is 3. The monoisotopic (exact) mass is 363 g/mol. The van der Waals surface area contributed by atoms with E-state index < -0.39 is 35.8 Å². The van der Waals surface area contributed by atoms with Gasteiger partial charge >= 0.3 is 12.1 Å². The minimum absolute atomic E-state index is 0.463. The highest BCUT2D eigenvalue weighted by atomic mass is 19.4. The van der Waals surface area contributed by atoms with E-state index in [4.69, 9.17) is 4.74 Å². The van der Waals surface area contributed by atoms with Gasteiger partial charge in [0.15, 0.2) is 6.61 Å². The van der Waals surface area contributed by atoms with Crippen LogP contribution in [0.15, 0.2) is 48.5 Å². The third-order valence-electron chi connectivity index (χ3n) is 4.19. The maximum absolute atomic E-state index is 13.0. The molecule has 0 unspecified atom stereocenters. The minimum Gasteiger partial charge on any atom is -0.452 e. The lowest BCUT2D eigenvalue weighted by molar-refractivity contribution is -0.138. The molecule has 1 heterocycles. The number of aryl methyl sites for hydroxylation is 1. The fraction of sp³-hybridized carbons (Fsp3) is 0.263. The SMILES string of the molecule is O=C(OCC(=O)N1CCCc2ccccc21)c1ccccc1C(F)(F)F. The molecule has 1 aliphatic rings. The number of alkyl halides is 3. The second-order valence-corrected chi connectivity index (χ2v) is 5.90. The van der Waals surface area contributed by atoms with Crippen LogP contribution in [0.2, 0.25) is 0 Å². The van der Waals surface area contributed by atoms with Crippen LogP contribution in [0.1, 0.15) is 27.9 Å². The molecule has 4 nitrogen and oxygen atoms in total. The largest absolute Gasteiger partial charge is 0.452 e. The highest BCUT2D eigenvalue weighted by Crippen LogP contribution is 2.32. The summed E-state index contributed by atoms with van der Waals surface area (Å²) < 4.78 is 43.8. The summed E-state index contributed by atoms with van der Waals surface area (Å²) >= 11 is 0. The molecular weight excluding hydrogens is 347 g/mol. The average molecular weight is 363 g/mol. The Bertz CT molecular complexity index is 833. The molecule has 0 N–H and O–H groups in total. The summed E-state index contributed by atoms with van der Waals surface area (Å²) in [6.07, 6.45) is -3.06. The number of benzene rings is 2. The Morgan fingerprint density at radius 3 is 2.50 bits per heavy atom. The van der Waals surface area contributed by atoms with Gasteiger partial charge in [0, 0.05) is 12.2 Å². The van der Waals surface area contributed by atoms with Crippen molar-refractivity contribution in [2.45, 2.75) is 19.0 Å². The number of hydrogen-bond donors (Lipinski definition) is 0. The molecular formula is C19H16F3NO3. The molecule has 0 bridgehead atoms. The molecule has 0 saturated heterocycles. The quantitative estimate of drug-likeness (QED) is 0.779. The Kier molecular flexibility index (Phi) is 4.97. The lowest BCUT2D eigenvalue weighted by Crippen LogP contribution is -2.38. The first kappa shape index (κ1) is 18.0. The van der Waals surface area contributed by atoms with E-state index in [1.165, 1.54) is 17.0 Å². The molecule has 0 radical (unpaired) electrons. The van der Waals surface area contributed by atoms with Crippen molar-refractivity contribution >= 4 is 17.6 Å². The van der Waals surface area contributed by atoms with E-state index in [-0.39, 0.29) is 0 Å². The van der Waals surface area contributed by atoms with Crippen molar-refractivity contribution in [3.8, 4) is 0 Å². The van der Waals surface area contributed by atoms with Gasteiger partial charge in [-0.1, -0.05) is 30.3 Å². The summed E-state index contributed by atoms with van der Waals surface area (Å²) in [6, 6.07) is 11.7. The zero-order valence-electron chi connectivity index (χ0n) is 13.8. The van der Waals surface area contributed by atoms with Crippen LogP contribution in [0.5, 0.6) is 0 Å². The van der Waals surface area contributed by atoms with Gasteiger partial charge in [0.05, 0.1) is 11.1 Å². The molecule has 0 saturated carbocycles. The number of amides is 1. The Morgan fingerprint density at radius 1 is 1.04 bits per heavy atom. The molecule has 7 heteroatoms. The molecule has 0 atom stereocenters. The topological polar surface area (TPSA) is 46.6 Å². The fourth-order valence-corrected chi connectivity index (χ4v) is 2.98. The maximum atomic E-state index is 13.0. The number of esters is 1. The highest BCUT2D eigenvalue weighted by Gasteiger charge is 2.35. The van der Waals surface area contributed by atoms with E-state index in [1.54, 1.807) is 12.1 Å². The van der Waals surface area contributed by atoms with Crippen molar-refractivity contribution in [2.75, 3.05) is 18.1 Å². The van der Waals surface area contributed by atoms with Crippen LogP contribution in [0.25, 0.3) is 0 Å². The van der Waals surface area contributed by atoms with Crippen LogP contribution in [0.3, 0.4) is 0 Å². The van der Waals surface area contributed by atoms with Crippen LogP contribution in [0.4, 0.5) is 18.9 Å². The van der Waals surface area contributed by atoms with E-state index >= 15 is 0 Å². The van der Waals surface area contributed by atoms with Crippen molar-refractivity contribution in [1.82, 2.24) is 0 Å². The van der Waals surface area contributed by atoms with Gasteiger partial charge in [-0.25, -0.2) is 4.79 Å². The van der Waals surface area contributed by atoms with Gasteiger partial charge < -0.3 is 9.64 Å². The predicted octanol–water partition coefficient (Wildman–Crippen LogP) is 3.84. The first-order valence-corrected chi connectivity index (χ1v) is 8.09. The molecule has 26 heavy (non-hydrogen) atoms. The average Bonchev–Trinajstić information content (AvgIpc) is 2.64. The van der Waals surface area contributed by atoms with Gasteiger partial charge in [-0.2, -0.15) is 13.2 Å². The molecule has 2 aromatic carbocycles. The Balaban J connectivity index is 1.71. The number of anilines is 1. The van der Waals surface area contributed by atoms with Crippen LogP contribution < -0.4 is 4.90 Å². The number of carbonyl (C=O) groups excluding carboxylic acids is 2. The van der Waals surface area contributed by atoms with Gasteiger partial charge in [-0.3, -0.25) is 4.79 Å². The van der Waals surface area contributed by atoms with Crippen LogP contribution in [-0.4, -0.2) is 25.0 Å². The van der Waals surface area contributed by atoms with Crippen LogP contribution in [0, 0.1) is 0 Å². The van der Waals surface area contributed by atoms with Gasteiger partial charge in [-0.15, -0.1) is 0 Å². The lowest BCUT2D eigenvalue weighted by atomic mass is 10.0. The number of para-hydroxylation sites is 1. The fourth-order valence-electron chi connectivity index (χ4n) is 2.98. The lowest BCUT2D eigenvalue weighted by Gasteiger charge is -2.29. The Hall–Kier alpha value is -2.83. The smallest absolute Gasteiger partial charge is 0.417 e. The predicted molar refractivity (Wildman–Crippen MR) is 88.8 cm³/mol. The van der Waals surface area contributed by atoms with E-state index in [1.807, 2.05) is 12.1 Å². The standard InChI is InChI=1S/C19H16F3NO3/c20-19(21,22)15-9-3-2-8-14(15)18(25)26-12-17(24)23-11-5-7-13-6-1-4-10-16(13)23/h1-4,6,8-10H,5,7,11-12H2. The van der Waals surface area contributed by atoms with E-state index in [9.17, 15) is 22.8 Å². The molecule has 136 valence electrons. The highest BCUT2D eigenvalue weighted by molar-refractivity contribution is 5.98. The Labute approximate surface area is 148 Å². The second-order valence-electron chi connectivity index (χ2n) is 5.90. The summed E-state index contributed by atoms with van der Waals surface area (Å²) in [4.78, 5) is 26.0. The molecule has 3 rings (SSSR count). The molecule has 0 aliphatic carbocycles. The van der Waals surface area contributed by atoms with Gasteiger partial charge in [-0.05, 0) is 36.6 Å². The molecule has 2 aromatic rings. The van der Waals surface area contributed by atoms with Crippen molar-refractivity contribution in [3.05, 3.63) is 65.2 Å². The minimum atomic E-state index is -4.68. The van der Waals surface area contributed by atoms with E-state index in [2.05, 4.69) is 0 Å². The number of ether oxygens (including phenoxy) is 1. The summed E-state index contributed by atoms with van der Waals surface area (Å²) in [5.41, 5.74) is 0.0731. The van der Waals surface area contributed by atoms with Crippen molar-refractivity contribution < 1.29 is 27.5 Å². The number of rotatable bonds is 3. The first-order valence-electron chi connectivity index (χ1n) is 8.09. The third-order valence-corrected chi connectivity index (χ3v) is 4.19. The number of fused-ring (bicyclic) bond motifs is 1. The second kappa shape index (κ2) is 7.19. The van der Waals surface area contributed by atoms with E-state index in [0.29, 0.717) is 6.54 Å². The Morgan fingerprint density at radius 2 is 1.73 bits per heavy atom. The maximum Gasteiger partial charge on any atom is 0.417 e.